The number of sulfonamides is 1. The first-order valence-electron chi connectivity index (χ1n) is 10.2. The molecule has 0 aliphatic heterocycles. The lowest BCUT2D eigenvalue weighted by Gasteiger charge is -2.11. The average molecular weight is 523 g/mol. The number of nitrogens with one attached hydrogen (secondary N) is 2. The van der Waals surface area contributed by atoms with E-state index in [2.05, 4.69) is 19.8 Å². The van der Waals surface area contributed by atoms with Gasteiger partial charge in [-0.1, -0.05) is 29.3 Å². The van der Waals surface area contributed by atoms with Crippen LogP contribution in [0.4, 0.5) is 5.69 Å². The lowest BCUT2D eigenvalue weighted by Crippen LogP contribution is -2.19. The molecule has 0 saturated carbocycles. The fraction of sp³-hybridized carbons (Fsp3) is 0.217. The number of hydrogen-bond donors (Lipinski definition) is 2. The van der Waals surface area contributed by atoms with Crippen molar-refractivity contribution in [2.45, 2.75) is 25.3 Å². The second kappa shape index (κ2) is 11.1. The Balaban J connectivity index is 1.73. The first-order valence-corrected chi connectivity index (χ1v) is 12.4. The number of amides is 1. The number of benzene rings is 2. The van der Waals surface area contributed by atoms with Crippen LogP contribution in [0.5, 0.6) is 0 Å². The van der Waals surface area contributed by atoms with Crippen LogP contribution in [-0.2, 0) is 21.3 Å². The lowest BCUT2D eigenvalue weighted by molar-refractivity contribution is 0.0955. The van der Waals surface area contributed by atoms with Crippen molar-refractivity contribution in [3.8, 4) is 0 Å². The molecule has 3 rings (SSSR count). The van der Waals surface area contributed by atoms with Crippen molar-refractivity contribution < 1.29 is 17.9 Å². The molecule has 34 heavy (non-hydrogen) atoms. The number of aryl methyl sites for hydroxylation is 1. The number of hydrogen-bond acceptors (Lipinski definition) is 5. The molecule has 0 spiro atoms. The molecule has 1 aromatic heterocycles. The second-order valence-electron chi connectivity index (χ2n) is 7.43. The molecule has 1 amide bonds. The van der Waals surface area contributed by atoms with Gasteiger partial charge in [-0.2, -0.15) is 5.10 Å². The summed E-state index contributed by atoms with van der Waals surface area (Å²) in [7, 11) is -2.36. The van der Waals surface area contributed by atoms with Gasteiger partial charge in [0.25, 0.3) is 15.9 Å². The van der Waals surface area contributed by atoms with Gasteiger partial charge in [0.05, 0.1) is 28.4 Å². The van der Waals surface area contributed by atoms with E-state index in [0.29, 0.717) is 18.2 Å². The van der Waals surface area contributed by atoms with Crippen LogP contribution in [0, 0.1) is 13.8 Å². The predicted octanol–water partition coefficient (Wildman–Crippen LogP) is 4.62. The van der Waals surface area contributed by atoms with Crippen LogP contribution >= 0.6 is 23.2 Å². The van der Waals surface area contributed by atoms with E-state index in [9.17, 15) is 13.2 Å². The molecule has 0 saturated heterocycles. The molecule has 0 bridgehead atoms. The molecule has 0 aliphatic rings. The van der Waals surface area contributed by atoms with E-state index in [1.807, 2.05) is 19.9 Å². The summed E-state index contributed by atoms with van der Waals surface area (Å²) in [5.74, 6) is -0.553. The molecule has 0 fully saturated rings. The minimum atomic E-state index is -4.01. The highest BCUT2D eigenvalue weighted by Gasteiger charge is 2.18. The van der Waals surface area contributed by atoms with E-state index >= 15 is 0 Å². The highest BCUT2D eigenvalue weighted by atomic mass is 35.5. The number of nitrogens with zero attached hydrogens (tertiary/aromatic N) is 2. The summed E-state index contributed by atoms with van der Waals surface area (Å²) < 4.78 is 35.2. The average Bonchev–Trinajstić information content (AvgIpc) is 3.07. The van der Waals surface area contributed by atoms with Crippen LogP contribution in [0.3, 0.4) is 0 Å². The molecule has 0 radical (unpaired) electrons. The van der Waals surface area contributed by atoms with E-state index < -0.39 is 15.9 Å². The number of anilines is 1. The van der Waals surface area contributed by atoms with Gasteiger partial charge in [-0.3, -0.25) is 9.52 Å². The molecule has 8 nitrogen and oxygen atoms in total. The number of carbonyl (C=O) groups excluding carboxylic acids is 1. The van der Waals surface area contributed by atoms with Gasteiger partial charge in [0.1, 0.15) is 0 Å². The van der Waals surface area contributed by atoms with Gasteiger partial charge < -0.3 is 9.30 Å². The Morgan fingerprint density at radius 2 is 1.91 bits per heavy atom. The van der Waals surface area contributed by atoms with Crippen molar-refractivity contribution in [1.82, 2.24) is 9.99 Å². The van der Waals surface area contributed by atoms with Crippen molar-refractivity contribution in [2.75, 3.05) is 18.4 Å². The van der Waals surface area contributed by atoms with Crippen LogP contribution in [0.2, 0.25) is 10.0 Å². The topological polar surface area (TPSA) is 102 Å². The number of methoxy groups -OCH3 is 1. The van der Waals surface area contributed by atoms with Crippen molar-refractivity contribution in [3.63, 3.8) is 0 Å². The minimum Gasteiger partial charge on any atom is -0.383 e. The highest BCUT2D eigenvalue weighted by Crippen LogP contribution is 2.28. The number of ether oxygens (including phenoxy) is 1. The molecule has 0 atom stereocenters. The lowest BCUT2D eigenvalue weighted by atomic mass is 10.2. The van der Waals surface area contributed by atoms with Crippen LogP contribution < -0.4 is 10.1 Å². The van der Waals surface area contributed by atoms with Crippen LogP contribution in [0.1, 0.15) is 27.3 Å². The summed E-state index contributed by atoms with van der Waals surface area (Å²) in [6, 6.07) is 12.0. The van der Waals surface area contributed by atoms with Crippen molar-refractivity contribution in [3.05, 3.63) is 81.1 Å². The quantitative estimate of drug-likeness (QED) is 0.316. The minimum absolute atomic E-state index is 0.109. The molecular formula is C23H24Cl2N4O4S. The standard InChI is InChI=1S/C23H24Cl2N4O4S/c1-15-11-18(16(2)29(15)9-10-33-3)14-26-27-23(30)17-5-4-6-20(12-17)34(31,32)28-22-13-19(24)7-8-21(22)25/h4-8,11-14,28H,9-10H2,1-3H3,(H,27,30)/b26-14-. The summed E-state index contributed by atoms with van der Waals surface area (Å²) in [4.78, 5) is 12.5. The summed E-state index contributed by atoms with van der Waals surface area (Å²) >= 11 is 12.0. The maximum Gasteiger partial charge on any atom is 0.271 e. The Morgan fingerprint density at radius 1 is 1.15 bits per heavy atom. The Hall–Kier alpha value is -2.85. The van der Waals surface area contributed by atoms with Gasteiger partial charge >= 0.3 is 0 Å². The first kappa shape index (κ1) is 25.8. The Morgan fingerprint density at radius 3 is 2.65 bits per heavy atom. The summed E-state index contributed by atoms with van der Waals surface area (Å²) in [6.45, 7) is 5.24. The normalized spacial score (nSPS) is 11.7. The van der Waals surface area contributed by atoms with E-state index in [-0.39, 0.29) is 21.2 Å². The zero-order valence-electron chi connectivity index (χ0n) is 18.8. The van der Waals surface area contributed by atoms with Crippen LogP contribution in [0.25, 0.3) is 0 Å². The smallest absolute Gasteiger partial charge is 0.271 e. The van der Waals surface area contributed by atoms with Gasteiger partial charge in [-0.05, 0) is 56.3 Å². The van der Waals surface area contributed by atoms with Gasteiger partial charge in [0.2, 0.25) is 0 Å². The van der Waals surface area contributed by atoms with Gasteiger partial charge in [0.15, 0.2) is 0 Å². The monoisotopic (exact) mass is 522 g/mol. The van der Waals surface area contributed by atoms with Gasteiger partial charge in [-0.25, -0.2) is 13.8 Å². The molecule has 0 aliphatic carbocycles. The van der Waals surface area contributed by atoms with Gasteiger partial charge in [-0.15, -0.1) is 0 Å². The molecule has 180 valence electrons. The number of carbonyl (C=O) groups is 1. The molecular weight excluding hydrogens is 499 g/mol. The number of aromatic nitrogens is 1. The van der Waals surface area contributed by atoms with Crippen LogP contribution in [-0.4, -0.2) is 38.8 Å². The predicted molar refractivity (Wildman–Crippen MR) is 135 cm³/mol. The molecule has 2 aromatic carbocycles. The third kappa shape index (κ3) is 6.18. The summed E-state index contributed by atoms with van der Waals surface area (Å²) in [5, 5.41) is 4.55. The van der Waals surface area contributed by atoms with E-state index in [1.54, 1.807) is 19.4 Å². The highest BCUT2D eigenvalue weighted by molar-refractivity contribution is 7.92. The summed E-state index contributed by atoms with van der Waals surface area (Å²) in [6.07, 6.45) is 1.55. The fourth-order valence-corrected chi connectivity index (χ4v) is 4.80. The SMILES string of the molecule is COCCn1c(C)cc(/C=N\NC(=O)c2cccc(S(=O)(=O)Nc3cc(Cl)ccc3Cl)c2)c1C. The van der Waals surface area contributed by atoms with E-state index in [0.717, 1.165) is 17.0 Å². The molecule has 11 heteroatoms. The molecule has 3 aromatic rings. The van der Waals surface area contributed by atoms with Crippen molar-refractivity contribution in [1.29, 1.82) is 0 Å². The Labute approximate surface area is 208 Å². The number of rotatable bonds is 9. The van der Waals surface area contributed by atoms with E-state index in [1.165, 1.54) is 36.4 Å². The second-order valence-corrected chi connectivity index (χ2v) is 9.95. The third-order valence-corrected chi connectivity index (χ3v) is 7.01. The zero-order valence-corrected chi connectivity index (χ0v) is 21.1. The first-order chi connectivity index (χ1) is 16.1. The maximum atomic E-state index is 12.8. The number of hydrazone groups is 1. The fourth-order valence-electron chi connectivity index (χ4n) is 3.29. The molecule has 1 heterocycles. The van der Waals surface area contributed by atoms with Gasteiger partial charge in [0, 0.05) is 41.2 Å². The zero-order chi connectivity index (χ0) is 24.9. The van der Waals surface area contributed by atoms with Crippen LogP contribution in [0.15, 0.2) is 58.5 Å². The third-order valence-electron chi connectivity index (χ3n) is 5.08. The number of halogens is 2. The largest absolute Gasteiger partial charge is 0.383 e. The van der Waals surface area contributed by atoms with Crippen molar-refractivity contribution >= 4 is 51.0 Å². The Kier molecular flexibility index (Phi) is 8.37. The van der Waals surface area contributed by atoms with Crippen molar-refractivity contribution in [2.24, 2.45) is 5.10 Å². The maximum absolute atomic E-state index is 12.8. The summed E-state index contributed by atoms with van der Waals surface area (Å²) in [5.41, 5.74) is 5.59. The molecule has 2 N–H and O–H groups in total. The molecule has 0 unspecified atom stereocenters. The van der Waals surface area contributed by atoms with E-state index in [4.69, 9.17) is 27.9 Å². The Bertz CT molecular complexity index is 1340.